The molecule has 0 atom stereocenters. The van der Waals surface area contributed by atoms with E-state index >= 15 is 0 Å². The van der Waals surface area contributed by atoms with Crippen molar-refractivity contribution >= 4 is 23.6 Å². The summed E-state index contributed by atoms with van der Waals surface area (Å²) in [6.07, 6.45) is 2.98. The first-order valence-corrected chi connectivity index (χ1v) is 9.72. The Morgan fingerprint density at radius 3 is 2.17 bits per heavy atom. The van der Waals surface area contributed by atoms with Crippen LogP contribution in [0.15, 0.2) is 48.5 Å². The molecule has 0 N–H and O–H groups in total. The molecule has 0 radical (unpaired) electrons. The van der Waals surface area contributed by atoms with E-state index in [-0.39, 0.29) is 5.91 Å². The van der Waals surface area contributed by atoms with Gasteiger partial charge in [-0.15, -0.1) is 0 Å². The van der Waals surface area contributed by atoms with E-state index in [1.807, 2.05) is 17.0 Å². The van der Waals surface area contributed by atoms with Crippen LogP contribution in [-0.4, -0.2) is 57.2 Å². The molecule has 1 fully saturated rings. The smallest absolute Gasteiger partial charge is 0.336 e. The van der Waals surface area contributed by atoms with E-state index < -0.39 is 5.97 Å². The van der Waals surface area contributed by atoms with Gasteiger partial charge in [-0.25, -0.2) is 4.79 Å². The van der Waals surface area contributed by atoms with Crippen molar-refractivity contribution in [2.24, 2.45) is 0 Å². The molecule has 7 nitrogen and oxygen atoms in total. The summed E-state index contributed by atoms with van der Waals surface area (Å²) >= 11 is 0. The number of hydrogen-bond acceptors (Lipinski definition) is 6. The Hall–Kier alpha value is -3.48. The van der Waals surface area contributed by atoms with E-state index in [0.29, 0.717) is 35.9 Å². The fourth-order valence-corrected chi connectivity index (χ4v) is 3.28. The van der Waals surface area contributed by atoms with Gasteiger partial charge in [0, 0.05) is 50.4 Å². The van der Waals surface area contributed by atoms with Crippen molar-refractivity contribution in [3.8, 4) is 17.2 Å². The minimum absolute atomic E-state index is 0.108. The molecule has 0 saturated carbocycles. The van der Waals surface area contributed by atoms with Crippen molar-refractivity contribution in [3.05, 3.63) is 54.1 Å². The lowest BCUT2D eigenvalue weighted by Crippen LogP contribution is -2.48. The Bertz CT molecular complexity index is 916. The third-order valence-corrected chi connectivity index (χ3v) is 4.98. The number of carbonyl (C=O) groups is 2. The first-order valence-electron chi connectivity index (χ1n) is 9.72. The SMILES string of the molecule is COc1ccc(OC)c(/C=C/C(=O)Oc2ccc(N3CCN(C(C)=O)CC3)cc2)c1. The summed E-state index contributed by atoms with van der Waals surface area (Å²) in [7, 11) is 3.15. The first-order chi connectivity index (χ1) is 14.5. The predicted molar refractivity (Wildman–Crippen MR) is 115 cm³/mol. The summed E-state index contributed by atoms with van der Waals surface area (Å²) in [4.78, 5) is 27.7. The molecule has 1 amide bonds. The summed E-state index contributed by atoms with van der Waals surface area (Å²) in [6.45, 7) is 4.58. The van der Waals surface area contributed by atoms with Gasteiger partial charge in [-0.05, 0) is 48.5 Å². The number of rotatable bonds is 6. The Morgan fingerprint density at radius 2 is 1.57 bits per heavy atom. The topological polar surface area (TPSA) is 68.3 Å². The molecule has 1 aliphatic rings. The highest BCUT2D eigenvalue weighted by Crippen LogP contribution is 2.25. The number of esters is 1. The molecule has 0 aromatic heterocycles. The lowest BCUT2D eigenvalue weighted by molar-refractivity contribution is -0.129. The van der Waals surface area contributed by atoms with Gasteiger partial charge in [0.1, 0.15) is 17.2 Å². The van der Waals surface area contributed by atoms with Gasteiger partial charge < -0.3 is 24.0 Å². The number of carbonyl (C=O) groups excluding carboxylic acids is 2. The molecule has 158 valence electrons. The standard InChI is InChI=1S/C23H26N2O5/c1-17(26)24-12-14-25(15-13-24)19-5-7-20(8-6-19)30-23(27)11-4-18-16-21(28-2)9-10-22(18)29-3/h4-11,16H,12-15H2,1-3H3/b11-4+. The number of benzene rings is 2. The van der Waals surface area contributed by atoms with E-state index in [0.717, 1.165) is 18.8 Å². The number of methoxy groups -OCH3 is 2. The van der Waals surface area contributed by atoms with Gasteiger partial charge in [-0.1, -0.05) is 0 Å². The zero-order valence-electron chi connectivity index (χ0n) is 17.5. The van der Waals surface area contributed by atoms with Crippen molar-refractivity contribution < 1.29 is 23.8 Å². The highest BCUT2D eigenvalue weighted by atomic mass is 16.5. The summed E-state index contributed by atoms with van der Waals surface area (Å²) in [5, 5.41) is 0. The van der Waals surface area contributed by atoms with E-state index in [9.17, 15) is 9.59 Å². The van der Waals surface area contributed by atoms with Crippen LogP contribution in [0.1, 0.15) is 12.5 Å². The number of hydrogen-bond donors (Lipinski definition) is 0. The minimum Gasteiger partial charge on any atom is -0.497 e. The number of ether oxygens (including phenoxy) is 3. The highest BCUT2D eigenvalue weighted by molar-refractivity contribution is 5.89. The third kappa shape index (κ3) is 5.31. The fourth-order valence-electron chi connectivity index (χ4n) is 3.28. The van der Waals surface area contributed by atoms with Gasteiger partial charge in [-0.3, -0.25) is 4.79 Å². The summed E-state index contributed by atoms with van der Waals surface area (Å²) < 4.78 is 15.9. The molecule has 0 aliphatic carbocycles. The molecule has 3 rings (SSSR count). The molecule has 2 aromatic rings. The summed E-state index contributed by atoms with van der Waals surface area (Å²) in [5.41, 5.74) is 1.75. The van der Waals surface area contributed by atoms with E-state index in [2.05, 4.69) is 4.90 Å². The Morgan fingerprint density at radius 1 is 0.900 bits per heavy atom. The maximum Gasteiger partial charge on any atom is 0.336 e. The van der Waals surface area contributed by atoms with Crippen LogP contribution in [0.2, 0.25) is 0 Å². The largest absolute Gasteiger partial charge is 0.497 e. The average molecular weight is 410 g/mol. The molecular formula is C23H26N2O5. The van der Waals surface area contributed by atoms with Crippen molar-refractivity contribution in [1.29, 1.82) is 0 Å². The van der Waals surface area contributed by atoms with Crippen LogP contribution in [0, 0.1) is 0 Å². The summed E-state index contributed by atoms with van der Waals surface area (Å²) in [6, 6.07) is 12.7. The van der Waals surface area contributed by atoms with Crippen LogP contribution in [0.4, 0.5) is 5.69 Å². The minimum atomic E-state index is -0.484. The van der Waals surface area contributed by atoms with Gasteiger partial charge in [0.2, 0.25) is 5.91 Å². The second-order valence-corrected chi connectivity index (χ2v) is 6.85. The average Bonchev–Trinajstić information content (AvgIpc) is 2.78. The molecule has 0 spiro atoms. The van der Waals surface area contributed by atoms with Crippen molar-refractivity contribution in [3.63, 3.8) is 0 Å². The van der Waals surface area contributed by atoms with Gasteiger partial charge in [0.15, 0.2) is 0 Å². The lowest BCUT2D eigenvalue weighted by Gasteiger charge is -2.35. The number of amides is 1. The van der Waals surface area contributed by atoms with Crippen LogP contribution >= 0.6 is 0 Å². The van der Waals surface area contributed by atoms with Crippen LogP contribution < -0.4 is 19.1 Å². The number of nitrogens with zero attached hydrogens (tertiary/aromatic N) is 2. The second kappa shape index (κ2) is 9.82. The summed E-state index contributed by atoms with van der Waals surface area (Å²) in [5.74, 6) is 1.39. The van der Waals surface area contributed by atoms with Gasteiger partial charge in [-0.2, -0.15) is 0 Å². The molecular weight excluding hydrogens is 384 g/mol. The molecule has 2 aromatic carbocycles. The van der Waals surface area contributed by atoms with Gasteiger partial charge >= 0.3 is 5.97 Å². The molecule has 1 heterocycles. The maximum atomic E-state index is 12.2. The van der Waals surface area contributed by atoms with Crippen LogP contribution in [0.5, 0.6) is 17.2 Å². The van der Waals surface area contributed by atoms with E-state index in [4.69, 9.17) is 14.2 Å². The molecule has 0 unspecified atom stereocenters. The monoisotopic (exact) mass is 410 g/mol. The molecule has 0 bridgehead atoms. The third-order valence-electron chi connectivity index (χ3n) is 4.98. The molecule has 1 saturated heterocycles. The number of piperazine rings is 1. The predicted octanol–water partition coefficient (Wildman–Crippen LogP) is 2.99. The highest BCUT2D eigenvalue weighted by Gasteiger charge is 2.18. The zero-order valence-corrected chi connectivity index (χ0v) is 17.5. The van der Waals surface area contributed by atoms with E-state index in [1.54, 1.807) is 57.6 Å². The fraction of sp³-hybridized carbons (Fsp3) is 0.304. The van der Waals surface area contributed by atoms with Crippen LogP contribution in [0.25, 0.3) is 6.08 Å². The Balaban J connectivity index is 1.59. The second-order valence-electron chi connectivity index (χ2n) is 6.85. The first kappa shape index (κ1) is 21.2. The maximum absolute atomic E-state index is 12.2. The molecule has 1 aliphatic heterocycles. The van der Waals surface area contributed by atoms with Crippen molar-refractivity contribution in [2.75, 3.05) is 45.3 Å². The van der Waals surface area contributed by atoms with E-state index in [1.165, 1.54) is 6.08 Å². The van der Waals surface area contributed by atoms with Crippen LogP contribution in [-0.2, 0) is 9.59 Å². The van der Waals surface area contributed by atoms with Crippen LogP contribution in [0.3, 0.4) is 0 Å². The molecule has 30 heavy (non-hydrogen) atoms. The lowest BCUT2D eigenvalue weighted by atomic mass is 10.1. The van der Waals surface area contributed by atoms with Gasteiger partial charge in [0.25, 0.3) is 0 Å². The zero-order chi connectivity index (χ0) is 21.5. The number of anilines is 1. The quantitative estimate of drug-likeness (QED) is 0.414. The normalized spacial score (nSPS) is 14.0. The molecule has 7 heteroatoms. The van der Waals surface area contributed by atoms with Crippen molar-refractivity contribution in [1.82, 2.24) is 4.90 Å². The Labute approximate surface area is 176 Å². The Kier molecular flexibility index (Phi) is 6.95. The van der Waals surface area contributed by atoms with Crippen molar-refractivity contribution in [2.45, 2.75) is 6.92 Å². The van der Waals surface area contributed by atoms with Gasteiger partial charge in [0.05, 0.1) is 14.2 Å².